The number of allylic oxidation sites excluding steroid dienone is 2. The fraction of sp³-hybridized carbons (Fsp3) is 0.222. The molecule has 1 N–H and O–H groups in total. The lowest BCUT2D eigenvalue weighted by molar-refractivity contribution is 0.424. The second-order valence-electron chi connectivity index (χ2n) is 5.76. The van der Waals surface area contributed by atoms with E-state index in [-0.39, 0.29) is 11.9 Å². The van der Waals surface area contributed by atoms with Gasteiger partial charge in [-0.3, -0.25) is 0 Å². The van der Waals surface area contributed by atoms with Gasteiger partial charge in [0.2, 0.25) is 0 Å². The maximum absolute atomic E-state index is 13.6. The number of rotatable bonds is 1. The molecule has 1 aliphatic carbocycles. The third-order valence-electron chi connectivity index (χ3n) is 4.53. The number of fused-ring (bicyclic) bond motifs is 3. The van der Waals surface area contributed by atoms with Crippen LogP contribution in [0.1, 0.15) is 29.5 Å². The monoisotopic (exact) mass is 343 g/mol. The van der Waals surface area contributed by atoms with Gasteiger partial charge >= 0.3 is 0 Å². The average molecular weight is 344 g/mol. The highest BCUT2D eigenvalue weighted by Gasteiger charge is 2.37. The molecule has 2 aromatic carbocycles. The van der Waals surface area contributed by atoms with Crippen LogP contribution in [0.3, 0.4) is 0 Å². The molecule has 1 aliphatic heterocycles. The molecule has 0 radical (unpaired) electrons. The summed E-state index contributed by atoms with van der Waals surface area (Å²) in [6, 6.07) is 13.5. The van der Waals surface area contributed by atoms with Gasteiger partial charge in [0.15, 0.2) is 0 Å². The number of benzene rings is 2. The summed E-state index contributed by atoms with van der Waals surface area (Å²) in [4.78, 5) is 0. The first kappa shape index (κ1) is 13.1. The standard InChI is InChI=1S/C18H15BrFN/c19-12-7-8-17-16(10-12)14-5-2-6-15(14)18(21-17)11-3-1-4-13(20)9-11/h1-5,7-10,14-15,18,21H,6H2/t14?,15-,18-/m0/s1. The summed E-state index contributed by atoms with van der Waals surface area (Å²) in [5.74, 6) is 0.694. The van der Waals surface area contributed by atoms with Gasteiger partial charge in [-0.05, 0) is 53.8 Å². The zero-order valence-electron chi connectivity index (χ0n) is 11.4. The van der Waals surface area contributed by atoms with Crippen LogP contribution in [0.5, 0.6) is 0 Å². The minimum Gasteiger partial charge on any atom is -0.378 e. The van der Waals surface area contributed by atoms with Crippen molar-refractivity contribution in [2.45, 2.75) is 18.4 Å². The highest BCUT2D eigenvalue weighted by Crippen LogP contribution is 2.50. The predicted molar refractivity (Wildman–Crippen MR) is 86.9 cm³/mol. The fourth-order valence-corrected chi connectivity index (χ4v) is 3.97. The van der Waals surface area contributed by atoms with Crippen molar-refractivity contribution in [3.8, 4) is 0 Å². The molecule has 1 unspecified atom stereocenters. The Morgan fingerprint density at radius 1 is 1.14 bits per heavy atom. The lowest BCUT2D eigenvalue weighted by atomic mass is 9.77. The van der Waals surface area contributed by atoms with Crippen molar-refractivity contribution >= 4 is 21.6 Å². The Labute approximate surface area is 132 Å². The first-order valence-electron chi connectivity index (χ1n) is 7.20. The lowest BCUT2D eigenvalue weighted by Crippen LogP contribution is -2.29. The van der Waals surface area contributed by atoms with Crippen LogP contribution in [0, 0.1) is 11.7 Å². The van der Waals surface area contributed by atoms with E-state index in [0.717, 1.165) is 22.1 Å². The Kier molecular flexibility index (Phi) is 3.11. The predicted octanol–water partition coefficient (Wildman–Crippen LogP) is 5.41. The number of nitrogens with one attached hydrogen (secondary N) is 1. The van der Waals surface area contributed by atoms with Gasteiger partial charge in [-0.1, -0.05) is 40.2 Å². The van der Waals surface area contributed by atoms with Gasteiger partial charge < -0.3 is 5.32 Å². The third-order valence-corrected chi connectivity index (χ3v) is 5.03. The van der Waals surface area contributed by atoms with Crippen molar-refractivity contribution in [2.24, 2.45) is 5.92 Å². The van der Waals surface area contributed by atoms with Gasteiger partial charge in [0.05, 0.1) is 6.04 Å². The summed E-state index contributed by atoms with van der Waals surface area (Å²) in [6.07, 6.45) is 5.58. The fourth-order valence-electron chi connectivity index (χ4n) is 3.60. The molecule has 0 bridgehead atoms. The van der Waals surface area contributed by atoms with Crippen molar-refractivity contribution < 1.29 is 4.39 Å². The smallest absolute Gasteiger partial charge is 0.123 e. The Bertz CT molecular complexity index is 725. The summed E-state index contributed by atoms with van der Waals surface area (Å²) in [5.41, 5.74) is 3.51. The summed E-state index contributed by atoms with van der Waals surface area (Å²) in [6.45, 7) is 0. The van der Waals surface area contributed by atoms with E-state index >= 15 is 0 Å². The molecule has 1 nitrogen and oxygen atoms in total. The molecule has 4 rings (SSSR count). The maximum atomic E-state index is 13.6. The topological polar surface area (TPSA) is 12.0 Å². The Hall–Kier alpha value is -1.61. The molecule has 0 aromatic heterocycles. The Morgan fingerprint density at radius 3 is 2.90 bits per heavy atom. The van der Waals surface area contributed by atoms with Crippen LogP contribution < -0.4 is 5.32 Å². The van der Waals surface area contributed by atoms with E-state index in [9.17, 15) is 4.39 Å². The van der Waals surface area contributed by atoms with E-state index < -0.39 is 0 Å². The van der Waals surface area contributed by atoms with Crippen LogP contribution in [-0.2, 0) is 0 Å². The second-order valence-corrected chi connectivity index (χ2v) is 6.68. The molecule has 1 heterocycles. The van der Waals surface area contributed by atoms with E-state index in [2.05, 4.69) is 45.5 Å². The summed E-state index contributed by atoms with van der Waals surface area (Å²) < 4.78 is 14.7. The van der Waals surface area contributed by atoms with Gasteiger partial charge in [-0.2, -0.15) is 0 Å². The third kappa shape index (κ3) is 2.20. The number of hydrogen-bond acceptors (Lipinski definition) is 1. The molecule has 0 saturated carbocycles. The van der Waals surface area contributed by atoms with E-state index in [0.29, 0.717) is 11.8 Å². The van der Waals surface area contributed by atoms with Crippen LogP contribution >= 0.6 is 15.9 Å². The summed E-state index contributed by atoms with van der Waals surface area (Å²) in [7, 11) is 0. The maximum Gasteiger partial charge on any atom is 0.123 e. The Balaban J connectivity index is 1.80. The highest BCUT2D eigenvalue weighted by molar-refractivity contribution is 9.10. The zero-order valence-corrected chi connectivity index (χ0v) is 13.0. The minimum absolute atomic E-state index is 0.161. The summed E-state index contributed by atoms with van der Waals surface area (Å²) >= 11 is 3.56. The first-order valence-corrected chi connectivity index (χ1v) is 8.00. The van der Waals surface area contributed by atoms with Gasteiger partial charge in [0.1, 0.15) is 5.82 Å². The molecular formula is C18H15BrFN. The van der Waals surface area contributed by atoms with Gasteiger partial charge in [-0.15, -0.1) is 0 Å². The second kappa shape index (κ2) is 4.99. The largest absolute Gasteiger partial charge is 0.378 e. The van der Waals surface area contributed by atoms with Crippen molar-refractivity contribution in [1.82, 2.24) is 0 Å². The van der Waals surface area contributed by atoms with Crippen molar-refractivity contribution in [1.29, 1.82) is 0 Å². The van der Waals surface area contributed by atoms with Crippen LogP contribution in [0.25, 0.3) is 0 Å². The molecule has 2 aliphatic rings. The van der Waals surface area contributed by atoms with Crippen LogP contribution in [0.4, 0.5) is 10.1 Å². The van der Waals surface area contributed by atoms with Crippen molar-refractivity contribution in [3.05, 3.63) is 76.0 Å². The zero-order chi connectivity index (χ0) is 14.4. The molecule has 2 aromatic rings. The molecule has 0 saturated heterocycles. The number of halogens is 2. The van der Waals surface area contributed by atoms with Gasteiger partial charge in [-0.25, -0.2) is 4.39 Å². The highest BCUT2D eigenvalue weighted by atomic mass is 79.9. The van der Waals surface area contributed by atoms with Gasteiger partial charge in [0, 0.05) is 16.1 Å². The van der Waals surface area contributed by atoms with E-state index in [4.69, 9.17) is 0 Å². The van der Waals surface area contributed by atoms with Crippen LogP contribution in [0.15, 0.2) is 59.1 Å². The van der Waals surface area contributed by atoms with Crippen LogP contribution in [-0.4, -0.2) is 0 Å². The van der Waals surface area contributed by atoms with Crippen LogP contribution in [0.2, 0.25) is 0 Å². The van der Waals surface area contributed by atoms with Crippen molar-refractivity contribution in [3.63, 3.8) is 0 Å². The molecule has 0 spiro atoms. The van der Waals surface area contributed by atoms with E-state index in [1.54, 1.807) is 12.1 Å². The molecule has 3 heteroatoms. The molecule has 106 valence electrons. The average Bonchev–Trinajstić information content (AvgIpc) is 2.96. The SMILES string of the molecule is Fc1cccc([C@@H]2Nc3ccc(Br)cc3C3C=CC[C@@H]32)c1. The van der Waals surface area contributed by atoms with Crippen molar-refractivity contribution in [2.75, 3.05) is 5.32 Å². The van der Waals surface area contributed by atoms with E-state index in [1.165, 1.54) is 11.6 Å². The quantitative estimate of drug-likeness (QED) is 0.682. The number of hydrogen-bond donors (Lipinski definition) is 1. The number of anilines is 1. The first-order chi connectivity index (χ1) is 10.2. The molecule has 3 atom stereocenters. The summed E-state index contributed by atoms with van der Waals surface area (Å²) in [5, 5.41) is 3.61. The lowest BCUT2D eigenvalue weighted by Gasteiger charge is -2.37. The van der Waals surface area contributed by atoms with E-state index in [1.807, 2.05) is 12.1 Å². The molecule has 0 fully saturated rings. The minimum atomic E-state index is -0.168. The Morgan fingerprint density at radius 2 is 2.05 bits per heavy atom. The molecule has 0 amide bonds. The normalized spacial score (nSPS) is 26.1. The van der Waals surface area contributed by atoms with Gasteiger partial charge in [0.25, 0.3) is 0 Å². The molecule has 21 heavy (non-hydrogen) atoms. The molecular weight excluding hydrogens is 329 g/mol.